The molecule has 0 saturated heterocycles. The molecule has 0 atom stereocenters. The van der Waals surface area contributed by atoms with Crippen LogP contribution in [0.5, 0.6) is 0 Å². The first-order valence-electron chi connectivity index (χ1n) is 16.7. The highest BCUT2D eigenvalue weighted by Crippen LogP contribution is 2.50. The fourth-order valence-corrected chi connectivity index (χ4v) is 8.42. The van der Waals surface area contributed by atoms with Crippen LogP contribution in [0, 0.1) is 0 Å². The smallest absolute Gasteiger partial charge is 0.255 e. The lowest BCUT2D eigenvalue weighted by Gasteiger charge is -2.24. The first-order chi connectivity index (χ1) is 21.4. The molecule has 5 nitrogen and oxygen atoms in total. The number of rotatable bonds is 4. The van der Waals surface area contributed by atoms with E-state index in [1.54, 1.807) is 6.20 Å². The summed E-state index contributed by atoms with van der Waals surface area (Å²) >= 11 is 0. The Morgan fingerprint density at radius 2 is 1.29 bits per heavy atom. The van der Waals surface area contributed by atoms with Crippen LogP contribution in [0.2, 0.25) is 0 Å². The van der Waals surface area contributed by atoms with Crippen LogP contribution in [0.1, 0.15) is 139 Å². The molecule has 8 heteroatoms. The van der Waals surface area contributed by atoms with E-state index < -0.39 is 11.9 Å². The Labute approximate surface area is 263 Å². The van der Waals surface area contributed by atoms with Crippen molar-refractivity contribution in [3.8, 4) is 22.6 Å². The summed E-state index contributed by atoms with van der Waals surface area (Å²) in [6.07, 6.45) is 9.11. The average molecular weight is 614 g/mol. The molecule has 0 N–H and O–H groups in total. The van der Waals surface area contributed by atoms with Gasteiger partial charge in [-0.15, -0.1) is 0 Å². The summed E-state index contributed by atoms with van der Waals surface area (Å²) < 4.78 is 42.2. The first kappa shape index (κ1) is 30.2. The lowest BCUT2D eigenvalue weighted by molar-refractivity contribution is -0.140. The van der Waals surface area contributed by atoms with Crippen molar-refractivity contribution in [1.82, 2.24) is 24.9 Å². The van der Waals surface area contributed by atoms with Crippen LogP contribution in [0.3, 0.4) is 0 Å². The second kappa shape index (κ2) is 11.1. The third-order valence-corrected chi connectivity index (χ3v) is 10.5. The first-order valence-corrected chi connectivity index (χ1v) is 16.7. The van der Waals surface area contributed by atoms with Gasteiger partial charge in [0.25, 0.3) is 0 Å². The van der Waals surface area contributed by atoms with Crippen LogP contribution < -0.4 is 0 Å². The van der Waals surface area contributed by atoms with Crippen molar-refractivity contribution in [2.24, 2.45) is 0 Å². The number of nitrogens with zero attached hydrogens (tertiary/aromatic N) is 5. The maximum atomic E-state index is 14.1. The van der Waals surface area contributed by atoms with E-state index in [4.69, 9.17) is 19.9 Å². The van der Waals surface area contributed by atoms with E-state index in [2.05, 4.69) is 44.8 Å². The largest absolute Gasteiger partial charge is 0.433 e. The van der Waals surface area contributed by atoms with Gasteiger partial charge in [0.2, 0.25) is 0 Å². The lowest BCUT2D eigenvalue weighted by Crippen LogP contribution is -2.17. The molecule has 2 saturated carbocycles. The zero-order valence-electron chi connectivity index (χ0n) is 26.8. The molecule has 2 fully saturated rings. The minimum Gasteiger partial charge on any atom is -0.255 e. The molecular formula is C37H42F3N5. The molecule has 0 amide bonds. The highest BCUT2D eigenvalue weighted by molar-refractivity contribution is 6.00. The lowest BCUT2D eigenvalue weighted by atomic mass is 9.82. The number of pyridine rings is 2. The monoisotopic (exact) mass is 613 g/mol. The second-order valence-corrected chi connectivity index (χ2v) is 14.9. The quantitative estimate of drug-likeness (QED) is 0.229. The molecule has 0 radical (unpaired) electrons. The van der Waals surface area contributed by atoms with Gasteiger partial charge in [-0.2, -0.15) is 13.2 Å². The maximum Gasteiger partial charge on any atom is 0.433 e. The van der Waals surface area contributed by atoms with Crippen molar-refractivity contribution in [2.75, 3.05) is 0 Å². The highest BCUT2D eigenvalue weighted by atomic mass is 19.4. The molecule has 3 aromatic heterocycles. The summed E-state index contributed by atoms with van der Waals surface area (Å²) in [4.78, 5) is 24.1. The van der Waals surface area contributed by atoms with Gasteiger partial charge in [-0.25, -0.2) is 19.9 Å². The van der Waals surface area contributed by atoms with Gasteiger partial charge in [0.1, 0.15) is 17.3 Å². The van der Waals surface area contributed by atoms with Crippen LogP contribution in [0.25, 0.3) is 33.5 Å². The summed E-state index contributed by atoms with van der Waals surface area (Å²) in [5.74, 6) is 2.40. The van der Waals surface area contributed by atoms with E-state index in [1.165, 1.54) is 30.0 Å². The number of halogens is 3. The van der Waals surface area contributed by atoms with Gasteiger partial charge in [-0.1, -0.05) is 78.4 Å². The van der Waals surface area contributed by atoms with Crippen molar-refractivity contribution in [3.05, 3.63) is 65.0 Å². The van der Waals surface area contributed by atoms with Crippen molar-refractivity contribution in [2.45, 2.75) is 127 Å². The molecule has 0 unspecified atom stereocenters. The summed E-state index contributed by atoms with van der Waals surface area (Å²) in [7, 11) is 0. The highest BCUT2D eigenvalue weighted by Gasteiger charge is 2.42. The van der Waals surface area contributed by atoms with Gasteiger partial charge < -0.3 is 0 Å². The number of fused-ring (bicyclic) bond motifs is 2. The molecule has 0 spiro atoms. The van der Waals surface area contributed by atoms with E-state index in [0.717, 1.165) is 81.1 Å². The predicted octanol–water partition coefficient (Wildman–Crippen LogP) is 10.2. The number of aromatic nitrogens is 5. The molecule has 3 aliphatic rings. The van der Waals surface area contributed by atoms with Crippen LogP contribution in [-0.2, 0) is 17.0 Å². The van der Waals surface area contributed by atoms with E-state index in [0.29, 0.717) is 22.5 Å². The van der Waals surface area contributed by atoms with Crippen molar-refractivity contribution in [3.63, 3.8) is 0 Å². The van der Waals surface area contributed by atoms with Gasteiger partial charge in [0.05, 0.1) is 16.8 Å². The van der Waals surface area contributed by atoms with E-state index in [-0.39, 0.29) is 28.2 Å². The second-order valence-electron chi connectivity index (χ2n) is 14.9. The van der Waals surface area contributed by atoms with Crippen LogP contribution in [0.4, 0.5) is 13.2 Å². The van der Waals surface area contributed by atoms with Crippen molar-refractivity contribution >= 4 is 10.9 Å². The van der Waals surface area contributed by atoms with E-state index in [9.17, 15) is 13.2 Å². The molecule has 236 valence electrons. The van der Waals surface area contributed by atoms with Gasteiger partial charge in [0.15, 0.2) is 5.82 Å². The predicted molar refractivity (Wildman–Crippen MR) is 171 cm³/mol. The van der Waals surface area contributed by atoms with Gasteiger partial charge in [-0.05, 0) is 72.3 Å². The summed E-state index contributed by atoms with van der Waals surface area (Å²) in [6.45, 7) is 9.04. The summed E-state index contributed by atoms with van der Waals surface area (Å²) in [6, 6.07) is 8.97. The maximum absolute atomic E-state index is 14.1. The van der Waals surface area contributed by atoms with Crippen LogP contribution >= 0.6 is 0 Å². The third kappa shape index (κ3) is 5.63. The Kier molecular flexibility index (Phi) is 7.48. The van der Waals surface area contributed by atoms with Crippen LogP contribution in [-0.4, -0.2) is 24.9 Å². The molecule has 0 bridgehead atoms. The van der Waals surface area contributed by atoms with Crippen LogP contribution in [0.15, 0.2) is 36.5 Å². The average Bonchev–Trinajstić information content (AvgIpc) is 3.22. The van der Waals surface area contributed by atoms with Crippen molar-refractivity contribution in [1.29, 1.82) is 0 Å². The van der Waals surface area contributed by atoms with Gasteiger partial charge >= 0.3 is 6.18 Å². The Bertz CT molecular complexity index is 1710. The molecule has 4 aromatic rings. The zero-order chi connectivity index (χ0) is 31.6. The van der Waals surface area contributed by atoms with Gasteiger partial charge in [-0.3, -0.25) is 4.98 Å². The molecule has 1 aromatic carbocycles. The van der Waals surface area contributed by atoms with E-state index in [1.807, 2.05) is 6.07 Å². The van der Waals surface area contributed by atoms with E-state index >= 15 is 0 Å². The fraction of sp³-hybridized carbons (Fsp3) is 0.541. The standard InChI is InChI=1S/C37H42F3N5/c1-35(2)21-36(3,4)28-19-24(15-17-27(28)35)30-25-16-18-29(37(38,39)40)42-31(25)26(20-41-30)34-44-32(22-11-7-5-8-12-22)43-33(45-34)23-13-9-6-10-14-23/h15-20,22-23H,5-14,21H2,1-4H3. The number of hydrogen-bond donors (Lipinski definition) is 0. The summed E-state index contributed by atoms with van der Waals surface area (Å²) in [5, 5.41) is 0.564. The Balaban J connectivity index is 1.42. The topological polar surface area (TPSA) is 64.5 Å². The van der Waals surface area contributed by atoms with Crippen molar-refractivity contribution < 1.29 is 13.2 Å². The third-order valence-electron chi connectivity index (χ3n) is 10.5. The van der Waals surface area contributed by atoms with Gasteiger partial charge in [0, 0.05) is 29.0 Å². The fourth-order valence-electron chi connectivity index (χ4n) is 8.42. The summed E-state index contributed by atoms with van der Waals surface area (Å²) in [5.41, 5.74) is 3.81. The molecule has 45 heavy (non-hydrogen) atoms. The molecular weight excluding hydrogens is 571 g/mol. The minimum absolute atomic E-state index is 0.0256. The zero-order valence-corrected chi connectivity index (χ0v) is 26.8. The Hall–Kier alpha value is -3.42. The number of hydrogen-bond acceptors (Lipinski definition) is 5. The SMILES string of the molecule is CC1(C)CC(C)(C)c2cc(-c3ncc(-c4nc(C5CCCCC5)nc(C5CCCCC5)n4)c4nc(C(F)(F)F)ccc34)ccc21. The minimum atomic E-state index is -4.59. The molecule has 3 aliphatic carbocycles. The number of benzene rings is 1. The number of alkyl halides is 3. The molecule has 0 aliphatic heterocycles. The molecule has 7 rings (SSSR count). The molecule has 3 heterocycles. The Morgan fingerprint density at radius 1 is 0.689 bits per heavy atom. The normalized spacial score (nSPS) is 20.4. The Morgan fingerprint density at radius 3 is 1.89 bits per heavy atom.